The molecule has 0 fully saturated rings. The van der Waals surface area contributed by atoms with Gasteiger partial charge in [-0.25, -0.2) is 0 Å². The van der Waals surface area contributed by atoms with Crippen LogP contribution in [0.25, 0.3) is 0 Å². The summed E-state index contributed by atoms with van der Waals surface area (Å²) in [5.74, 6) is 0.0479. The highest BCUT2D eigenvalue weighted by molar-refractivity contribution is 5.93. The van der Waals surface area contributed by atoms with Crippen LogP contribution < -0.4 is 5.32 Å². The lowest BCUT2D eigenvalue weighted by atomic mass is 10.1. The number of anilines is 1. The number of benzene rings is 2. The minimum absolute atomic E-state index is 0.0479. The zero-order valence-electron chi connectivity index (χ0n) is 14.3. The molecule has 1 N–H and O–H groups in total. The third-order valence-corrected chi connectivity index (χ3v) is 3.90. The highest BCUT2D eigenvalue weighted by atomic mass is 16.2. The van der Waals surface area contributed by atoms with Crippen LogP contribution in [0.15, 0.2) is 48.5 Å². The summed E-state index contributed by atoms with van der Waals surface area (Å²) >= 11 is 0. The van der Waals surface area contributed by atoms with E-state index in [1.165, 1.54) is 5.56 Å². The second-order valence-electron chi connectivity index (χ2n) is 6.01. The molecule has 3 heteroatoms. The van der Waals surface area contributed by atoms with Crippen molar-refractivity contribution in [3.63, 3.8) is 0 Å². The Hall–Kier alpha value is -2.13. The second-order valence-corrected chi connectivity index (χ2v) is 6.01. The zero-order chi connectivity index (χ0) is 16.7. The predicted octanol–water partition coefficient (Wildman–Crippen LogP) is 4.15. The number of hydrogen-bond acceptors (Lipinski definition) is 2. The Morgan fingerprint density at radius 2 is 1.65 bits per heavy atom. The van der Waals surface area contributed by atoms with Gasteiger partial charge < -0.3 is 5.32 Å². The van der Waals surface area contributed by atoms with Gasteiger partial charge in [0.2, 0.25) is 5.91 Å². The summed E-state index contributed by atoms with van der Waals surface area (Å²) in [6.07, 6.45) is 1.03. The topological polar surface area (TPSA) is 32.3 Å². The molecule has 23 heavy (non-hydrogen) atoms. The highest BCUT2D eigenvalue weighted by Gasteiger charge is 2.12. The molecule has 122 valence electrons. The highest BCUT2D eigenvalue weighted by Crippen LogP contribution is 2.19. The van der Waals surface area contributed by atoms with Crippen molar-refractivity contribution in [2.24, 2.45) is 0 Å². The van der Waals surface area contributed by atoms with Crippen molar-refractivity contribution in [1.29, 1.82) is 0 Å². The summed E-state index contributed by atoms with van der Waals surface area (Å²) in [6, 6.07) is 16.4. The van der Waals surface area contributed by atoms with Gasteiger partial charge >= 0.3 is 0 Å². The molecule has 0 aliphatic heterocycles. The van der Waals surface area contributed by atoms with Crippen LogP contribution in [-0.4, -0.2) is 23.9 Å². The van der Waals surface area contributed by atoms with Crippen molar-refractivity contribution in [2.45, 2.75) is 33.7 Å². The summed E-state index contributed by atoms with van der Waals surface area (Å²) in [6.45, 7) is 8.31. The molecule has 0 spiro atoms. The molecule has 0 saturated carbocycles. The number of rotatable bonds is 7. The number of amides is 1. The van der Waals surface area contributed by atoms with Crippen molar-refractivity contribution < 1.29 is 4.79 Å². The van der Waals surface area contributed by atoms with E-state index in [-0.39, 0.29) is 5.91 Å². The molecule has 2 rings (SSSR count). The van der Waals surface area contributed by atoms with E-state index in [0.29, 0.717) is 6.54 Å². The molecule has 0 bridgehead atoms. The Morgan fingerprint density at radius 1 is 1.00 bits per heavy atom. The molecular weight excluding hydrogens is 284 g/mol. The largest absolute Gasteiger partial charge is 0.324 e. The normalized spacial score (nSPS) is 10.8. The number of carbonyl (C=O) groups is 1. The molecule has 0 radical (unpaired) electrons. The van der Waals surface area contributed by atoms with Crippen LogP contribution in [0.3, 0.4) is 0 Å². The van der Waals surface area contributed by atoms with Crippen molar-refractivity contribution in [1.82, 2.24) is 4.90 Å². The van der Waals surface area contributed by atoms with E-state index in [1.807, 2.05) is 50.2 Å². The molecule has 0 saturated heterocycles. The second kappa shape index (κ2) is 8.49. The van der Waals surface area contributed by atoms with Crippen LogP contribution in [0, 0.1) is 13.8 Å². The van der Waals surface area contributed by atoms with Gasteiger partial charge in [-0.2, -0.15) is 0 Å². The van der Waals surface area contributed by atoms with Crippen LogP contribution in [0.5, 0.6) is 0 Å². The Morgan fingerprint density at radius 3 is 2.26 bits per heavy atom. The van der Waals surface area contributed by atoms with Crippen LogP contribution in [0.4, 0.5) is 5.69 Å². The summed E-state index contributed by atoms with van der Waals surface area (Å²) < 4.78 is 0. The van der Waals surface area contributed by atoms with Gasteiger partial charge in [0.1, 0.15) is 0 Å². The Balaban J connectivity index is 2.00. The monoisotopic (exact) mass is 310 g/mol. The third-order valence-electron chi connectivity index (χ3n) is 3.90. The summed E-state index contributed by atoms with van der Waals surface area (Å²) in [5.41, 5.74) is 4.38. The van der Waals surface area contributed by atoms with Crippen LogP contribution >= 0.6 is 0 Å². The maximum absolute atomic E-state index is 12.4. The van der Waals surface area contributed by atoms with Gasteiger partial charge in [-0.05, 0) is 43.5 Å². The van der Waals surface area contributed by atoms with E-state index in [2.05, 4.69) is 29.3 Å². The Bertz CT molecular complexity index is 617. The van der Waals surface area contributed by atoms with Gasteiger partial charge in [0.15, 0.2) is 0 Å². The van der Waals surface area contributed by atoms with Gasteiger partial charge in [0.25, 0.3) is 0 Å². The number of aryl methyl sites for hydroxylation is 2. The van der Waals surface area contributed by atoms with Gasteiger partial charge in [-0.3, -0.25) is 9.69 Å². The number of nitrogens with zero attached hydrogens (tertiary/aromatic N) is 1. The SMILES string of the molecule is CCCN(CC(=O)Nc1c(C)cccc1C)Cc1ccccc1. The molecular formula is C20H26N2O. The molecule has 0 heterocycles. The fourth-order valence-electron chi connectivity index (χ4n) is 2.77. The van der Waals surface area contributed by atoms with Crippen LogP contribution in [0.2, 0.25) is 0 Å². The number of para-hydroxylation sites is 1. The van der Waals surface area contributed by atoms with E-state index in [1.54, 1.807) is 0 Å². The van der Waals surface area contributed by atoms with Gasteiger partial charge in [-0.1, -0.05) is 55.5 Å². The molecule has 0 aliphatic rings. The van der Waals surface area contributed by atoms with Crippen molar-refractivity contribution >= 4 is 11.6 Å². The lowest BCUT2D eigenvalue weighted by Crippen LogP contribution is -2.33. The van der Waals surface area contributed by atoms with Crippen molar-refractivity contribution in [3.8, 4) is 0 Å². The van der Waals surface area contributed by atoms with Crippen LogP contribution in [-0.2, 0) is 11.3 Å². The number of carbonyl (C=O) groups excluding carboxylic acids is 1. The smallest absolute Gasteiger partial charge is 0.238 e. The minimum Gasteiger partial charge on any atom is -0.324 e. The van der Waals surface area contributed by atoms with E-state index in [9.17, 15) is 4.79 Å². The maximum atomic E-state index is 12.4. The first-order valence-electron chi connectivity index (χ1n) is 8.22. The molecule has 1 amide bonds. The average Bonchev–Trinajstić information content (AvgIpc) is 2.52. The number of nitrogens with one attached hydrogen (secondary N) is 1. The lowest BCUT2D eigenvalue weighted by molar-refractivity contribution is -0.117. The summed E-state index contributed by atoms with van der Waals surface area (Å²) in [4.78, 5) is 14.6. The average molecular weight is 310 g/mol. The van der Waals surface area contributed by atoms with E-state index < -0.39 is 0 Å². The third kappa shape index (κ3) is 5.22. The van der Waals surface area contributed by atoms with E-state index in [0.717, 1.165) is 36.3 Å². The summed E-state index contributed by atoms with van der Waals surface area (Å²) in [7, 11) is 0. The quantitative estimate of drug-likeness (QED) is 0.833. The van der Waals surface area contributed by atoms with Gasteiger partial charge in [0.05, 0.1) is 6.54 Å². The van der Waals surface area contributed by atoms with E-state index in [4.69, 9.17) is 0 Å². The fourth-order valence-corrected chi connectivity index (χ4v) is 2.77. The minimum atomic E-state index is 0.0479. The first-order chi connectivity index (χ1) is 11.1. The molecule has 3 nitrogen and oxygen atoms in total. The molecule has 2 aromatic carbocycles. The molecule has 0 aliphatic carbocycles. The first kappa shape index (κ1) is 17.2. The fraction of sp³-hybridized carbons (Fsp3) is 0.350. The van der Waals surface area contributed by atoms with Crippen molar-refractivity contribution in [3.05, 3.63) is 65.2 Å². The Labute approximate surface area is 139 Å². The molecule has 0 unspecified atom stereocenters. The maximum Gasteiger partial charge on any atom is 0.238 e. The molecule has 0 atom stereocenters. The zero-order valence-corrected chi connectivity index (χ0v) is 14.3. The molecule has 0 aromatic heterocycles. The number of hydrogen-bond donors (Lipinski definition) is 1. The van der Waals surface area contributed by atoms with Crippen molar-refractivity contribution in [2.75, 3.05) is 18.4 Å². The standard InChI is InChI=1S/C20H26N2O/c1-4-13-22(14-18-11-6-5-7-12-18)15-19(23)21-20-16(2)9-8-10-17(20)3/h5-12H,4,13-15H2,1-3H3,(H,21,23). The summed E-state index contributed by atoms with van der Waals surface area (Å²) in [5, 5.41) is 3.07. The molecule has 2 aromatic rings. The predicted molar refractivity (Wildman–Crippen MR) is 96.6 cm³/mol. The first-order valence-corrected chi connectivity index (χ1v) is 8.22. The van der Waals surface area contributed by atoms with E-state index >= 15 is 0 Å². The lowest BCUT2D eigenvalue weighted by Gasteiger charge is -2.22. The van der Waals surface area contributed by atoms with Gasteiger partial charge in [0, 0.05) is 12.2 Å². The van der Waals surface area contributed by atoms with Gasteiger partial charge in [-0.15, -0.1) is 0 Å². The van der Waals surface area contributed by atoms with Crippen LogP contribution in [0.1, 0.15) is 30.0 Å². The Kier molecular flexibility index (Phi) is 6.36.